The minimum Gasteiger partial charge on any atom is -0.324 e. The van der Waals surface area contributed by atoms with Crippen LogP contribution in [0.4, 0.5) is 0 Å². The smallest absolute Gasteiger partial charge is 0.163 e. The third kappa shape index (κ3) is 2.55. The normalized spacial score (nSPS) is 22.7. The monoisotopic (exact) mass is 324 g/mol. The Morgan fingerprint density at radius 3 is 2.89 bits per heavy atom. The van der Waals surface area contributed by atoms with E-state index in [0.29, 0.717) is 0 Å². The number of rotatable bonds is 4. The van der Waals surface area contributed by atoms with Gasteiger partial charge in [-0.1, -0.05) is 15.9 Å². The van der Waals surface area contributed by atoms with Crippen LogP contribution in [0.5, 0.6) is 0 Å². The maximum absolute atomic E-state index is 5.42. The largest absolute Gasteiger partial charge is 0.324 e. The minimum atomic E-state index is -0.0319. The summed E-state index contributed by atoms with van der Waals surface area (Å²) in [6.45, 7) is 4.91. The van der Waals surface area contributed by atoms with Gasteiger partial charge in [-0.3, -0.25) is 4.68 Å². The number of aromatic nitrogens is 2. The van der Waals surface area contributed by atoms with Crippen LogP contribution in [0.1, 0.15) is 25.3 Å². The fourth-order valence-corrected chi connectivity index (χ4v) is 2.77. The van der Waals surface area contributed by atoms with Gasteiger partial charge in [-0.25, -0.2) is 0 Å². The fourth-order valence-electron chi connectivity index (χ4n) is 2.42. The number of halogens is 1. The third-order valence-corrected chi connectivity index (χ3v) is 4.39. The van der Waals surface area contributed by atoms with Crippen molar-refractivity contribution in [2.24, 2.45) is 0 Å². The van der Waals surface area contributed by atoms with E-state index in [2.05, 4.69) is 44.8 Å². The lowest BCUT2D eigenvalue weighted by atomic mass is 10.1. The van der Waals surface area contributed by atoms with Crippen LogP contribution >= 0.6 is 15.9 Å². The van der Waals surface area contributed by atoms with Crippen LogP contribution < -0.4 is 0 Å². The van der Waals surface area contributed by atoms with Gasteiger partial charge in [-0.15, -0.1) is 0 Å². The first-order chi connectivity index (χ1) is 9.15. The molecule has 0 atom stereocenters. The summed E-state index contributed by atoms with van der Waals surface area (Å²) in [5.74, 6) is 0. The lowest BCUT2D eigenvalue weighted by Crippen LogP contribution is -2.38. The van der Waals surface area contributed by atoms with Crippen LogP contribution in [0.3, 0.4) is 0 Å². The molecule has 0 aliphatic carbocycles. The maximum atomic E-state index is 5.42. The van der Waals surface area contributed by atoms with Gasteiger partial charge in [0.25, 0.3) is 0 Å². The number of ether oxygens (including phenoxy) is 2. The topological polar surface area (TPSA) is 36.3 Å². The van der Waals surface area contributed by atoms with Crippen LogP contribution in [0.15, 0.2) is 22.8 Å². The quantitative estimate of drug-likeness (QED) is 0.862. The second-order valence-corrected chi connectivity index (χ2v) is 5.74. The van der Waals surface area contributed by atoms with Crippen molar-refractivity contribution in [3.63, 3.8) is 0 Å². The van der Waals surface area contributed by atoms with E-state index in [4.69, 9.17) is 9.47 Å². The van der Waals surface area contributed by atoms with Gasteiger partial charge in [-0.05, 0) is 38.0 Å². The molecule has 0 radical (unpaired) electrons. The van der Waals surface area contributed by atoms with Gasteiger partial charge in [-0.2, -0.15) is 5.10 Å². The number of hydrogen-bond donors (Lipinski definition) is 0. The minimum absolute atomic E-state index is 0.0206. The number of fused-ring (bicyclic) bond motifs is 1. The molecule has 2 aromatic rings. The van der Waals surface area contributed by atoms with E-state index in [9.17, 15) is 0 Å². The zero-order valence-corrected chi connectivity index (χ0v) is 12.7. The summed E-state index contributed by atoms with van der Waals surface area (Å²) in [6, 6.07) is 4.19. The molecule has 0 N–H and O–H groups in total. The van der Waals surface area contributed by atoms with Gasteiger partial charge < -0.3 is 9.47 Å². The second kappa shape index (κ2) is 5.23. The molecule has 0 spiro atoms. The first kappa shape index (κ1) is 13.1. The molecule has 1 aliphatic heterocycles. The summed E-state index contributed by atoms with van der Waals surface area (Å²) in [7, 11) is 0. The molecular formula is C14H17BrN2O2. The van der Waals surface area contributed by atoms with Crippen LogP contribution in [-0.4, -0.2) is 22.4 Å². The molecule has 102 valence electrons. The summed E-state index contributed by atoms with van der Waals surface area (Å²) < 4.78 is 14.0. The zero-order chi connectivity index (χ0) is 13.4. The standard InChI is InChI=1S/C14H17BrN2O2/c1-9-11-8-16-17(13(11)6-5-12(9)15)7-3-4-14-18-10(2)19-14/h5-6,8,10,14H,3-4,7H2,1-2H3. The Hall–Kier alpha value is -0.910. The molecule has 0 bridgehead atoms. The highest BCUT2D eigenvalue weighted by molar-refractivity contribution is 9.10. The van der Waals surface area contributed by atoms with Gasteiger partial charge in [0.15, 0.2) is 12.6 Å². The summed E-state index contributed by atoms with van der Waals surface area (Å²) in [6.07, 6.45) is 3.81. The molecule has 0 unspecified atom stereocenters. The van der Waals surface area contributed by atoms with E-state index >= 15 is 0 Å². The van der Waals surface area contributed by atoms with Crippen LogP contribution in [0.2, 0.25) is 0 Å². The van der Waals surface area contributed by atoms with Gasteiger partial charge >= 0.3 is 0 Å². The molecule has 1 saturated heterocycles. The SMILES string of the molecule is Cc1c(Br)ccc2c1cnn2CCCC1OC(C)O1. The van der Waals surface area contributed by atoms with Crippen LogP contribution in [-0.2, 0) is 16.0 Å². The second-order valence-electron chi connectivity index (χ2n) is 4.88. The number of aryl methyl sites for hydroxylation is 2. The molecular weight excluding hydrogens is 308 g/mol. The summed E-state index contributed by atoms with van der Waals surface area (Å²) >= 11 is 3.55. The number of nitrogens with zero attached hydrogens (tertiary/aromatic N) is 2. The summed E-state index contributed by atoms with van der Waals surface area (Å²) in [5.41, 5.74) is 2.42. The first-order valence-electron chi connectivity index (χ1n) is 6.56. The van der Waals surface area contributed by atoms with Crippen molar-refractivity contribution in [3.05, 3.63) is 28.4 Å². The Labute approximate surface area is 120 Å². The molecule has 2 heterocycles. The lowest BCUT2D eigenvalue weighted by Gasteiger charge is -2.33. The molecule has 1 aromatic carbocycles. The Morgan fingerprint density at radius 1 is 1.37 bits per heavy atom. The van der Waals surface area contributed by atoms with E-state index in [-0.39, 0.29) is 12.6 Å². The molecule has 0 saturated carbocycles. The van der Waals surface area contributed by atoms with Crippen molar-refractivity contribution in [3.8, 4) is 0 Å². The molecule has 0 amide bonds. The Bertz CT molecular complexity index is 590. The van der Waals surface area contributed by atoms with Crippen molar-refractivity contribution in [2.45, 2.75) is 45.8 Å². The van der Waals surface area contributed by atoms with Crippen molar-refractivity contribution < 1.29 is 9.47 Å². The van der Waals surface area contributed by atoms with Gasteiger partial charge in [0.2, 0.25) is 0 Å². The summed E-state index contributed by atoms with van der Waals surface area (Å²) in [5, 5.41) is 5.67. The molecule has 19 heavy (non-hydrogen) atoms. The van der Waals surface area contributed by atoms with Gasteiger partial charge in [0.1, 0.15) is 0 Å². The lowest BCUT2D eigenvalue weighted by molar-refractivity contribution is -0.377. The predicted octanol–water partition coefficient (Wildman–Crippen LogP) is 3.61. The third-order valence-electron chi connectivity index (χ3n) is 3.53. The van der Waals surface area contributed by atoms with Gasteiger partial charge in [0.05, 0.1) is 11.7 Å². The molecule has 1 fully saturated rings. The highest BCUT2D eigenvalue weighted by Crippen LogP contribution is 2.26. The number of hydrogen-bond acceptors (Lipinski definition) is 3. The summed E-state index contributed by atoms with van der Waals surface area (Å²) in [4.78, 5) is 0. The molecule has 1 aromatic heterocycles. The maximum Gasteiger partial charge on any atom is 0.163 e. The van der Waals surface area contributed by atoms with Crippen molar-refractivity contribution >= 4 is 26.8 Å². The molecule has 5 heteroatoms. The van der Waals surface area contributed by atoms with E-state index in [1.54, 1.807) is 0 Å². The molecule has 3 rings (SSSR count). The molecule has 1 aliphatic rings. The molecule has 4 nitrogen and oxygen atoms in total. The Balaban J connectivity index is 1.66. The fraction of sp³-hybridized carbons (Fsp3) is 0.500. The van der Waals surface area contributed by atoms with Crippen molar-refractivity contribution in [2.75, 3.05) is 0 Å². The first-order valence-corrected chi connectivity index (χ1v) is 7.36. The van der Waals surface area contributed by atoms with Crippen molar-refractivity contribution in [1.82, 2.24) is 9.78 Å². The Morgan fingerprint density at radius 2 is 2.16 bits per heavy atom. The average Bonchev–Trinajstić information content (AvgIpc) is 2.76. The van der Waals surface area contributed by atoms with E-state index in [0.717, 1.165) is 23.9 Å². The predicted molar refractivity (Wildman–Crippen MR) is 76.8 cm³/mol. The van der Waals surface area contributed by atoms with E-state index < -0.39 is 0 Å². The van der Waals surface area contributed by atoms with Crippen molar-refractivity contribution in [1.29, 1.82) is 0 Å². The Kier molecular flexibility index (Phi) is 3.60. The number of benzene rings is 1. The van der Waals surface area contributed by atoms with Gasteiger partial charge in [0, 0.05) is 22.8 Å². The highest BCUT2D eigenvalue weighted by Gasteiger charge is 2.25. The van der Waals surface area contributed by atoms with Crippen LogP contribution in [0, 0.1) is 6.92 Å². The van der Waals surface area contributed by atoms with E-state index in [1.165, 1.54) is 16.5 Å². The average molecular weight is 325 g/mol. The highest BCUT2D eigenvalue weighted by atomic mass is 79.9. The van der Waals surface area contributed by atoms with E-state index in [1.807, 2.05) is 13.1 Å². The van der Waals surface area contributed by atoms with Crippen LogP contribution in [0.25, 0.3) is 10.9 Å². The zero-order valence-electron chi connectivity index (χ0n) is 11.1.